The van der Waals surface area contributed by atoms with E-state index < -0.39 is 41.4 Å². The molecule has 166 valence electrons. The summed E-state index contributed by atoms with van der Waals surface area (Å²) in [7, 11) is 0. The van der Waals surface area contributed by atoms with Crippen molar-refractivity contribution in [2.75, 3.05) is 25.0 Å². The van der Waals surface area contributed by atoms with Gasteiger partial charge in [-0.25, -0.2) is 0 Å². The van der Waals surface area contributed by atoms with Crippen LogP contribution >= 0.6 is 0 Å². The number of hydrogen-bond donors (Lipinski definition) is 2. The van der Waals surface area contributed by atoms with Crippen LogP contribution in [0.2, 0.25) is 0 Å². The van der Waals surface area contributed by atoms with Gasteiger partial charge in [-0.05, 0) is 35.4 Å². The lowest BCUT2D eigenvalue weighted by molar-refractivity contribution is -0.146. The molecular formula is C21H17F3N4O4. The number of halogens is 3. The molecule has 1 saturated heterocycles. The lowest BCUT2D eigenvalue weighted by Crippen LogP contribution is -2.60. The van der Waals surface area contributed by atoms with Gasteiger partial charge in [0.25, 0.3) is 5.91 Å². The predicted molar refractivity (Wildman–Crippen MR) is 106 cm³/mol. The van der Waals surface area contributed by atoms with Gasteiger partial charge >= 0.3 is 18.0 Å². The van der Waals surface area contributed by atoms with Gasteiger partial charge in [0.2, 0.25) is 5.91 Å². The highest BCUT2D eigenvalue weighted by molar-refractivity contribution is 6.34. The van der Waals surface area contributed by atoms with Gasteiger partial charge in [-0.15, -0.1) is 0 Å². The van der Waals surface area contributed by atoms with Crippen molar-refractivity contribution in [3.05, 3.63) is 53.6 Å². The zero-order valence-corrected chi connectivity index (χ0v) is 16.5. The maximum atomic E-state index is 13.2. The minimum atomic E-state index is -4.51. The average Bonchev–Trinajstić information content (AvgIpc) is 2.86. The molecular weight excluding hydrogens is 429 g/mol. The van der Waals surface area contributed by atoms with Gasteiger partial charge in [0.15, 0.2) is 0 Å². The van der Waals surface area contributed by atoms with Gasteiger partial charge in [-0.3, -0.25) is 19.2 Å². The Morgan fingerprint density at radius 3 is 2.44 bits per heavy atom. The van der Waals surface area contributed by atoms with Crippen molar-refractivity contribution >= 4 is 29.3 Å². The normalized spacial score (nSPS) is 18.4. The summed E-state index contributed by atoms with van der Waals surface area (Å²) in [4.78, 5) is 51.4. The summed E-state index contributed by atoms with van der Waals surface area (Å²) < 4.78 is 39.2. The third-order valence-corrected chi connectivity index (χ3v) is 5.47. The summed E-state index contributed by atoms with van der Waals surface area (Å²) in [6.45, 7) is -0.197. The number of amides is 4. The van der Waals surface area contributed by atoms with Crippen molar-refractivity contribution < 1.29 is 32.3 Å². The Morgan fingerprint density at radius 1 is 1.03 bits per heavy atom. The SMILES string of the molecule is NC(=O)C(=O)N1CCN2C(=O)c3cc(-c4cccc(C(F)(F)F)c4)ccc3NC(=O)[C@H]2C1. The standard InChI is InChI=1S/C21H17F3N4O4/c22-21(23,24)13-3-1-2-11(8-13)12-4-5-15-14(9-12)19(31)28-7-6-27(20(32)17(25)29)10-16(28)18(30)26-15/h1-5,8-9,16H,6-7,10H2,(H2,25,29)(H,26,30)/t16-/m1/s1. The van der Waals surface area contributed by atoms with E-state index in [1.165, 1.54) is 35.2 Å². The third kappa shape index (κ3) is 3.77. The van der Waals surface area contributed by atoms with Crippen molar-refractivity contribution in [2.45, 2.75) is 12.2 Å². The second kappa shape index (κ2) is 7.66. The molecule has 1 atom stereocenters. The molecule has 0 spiro atoms. The molecule has 32 heavy (non-hydrogen) atoms. The molecule has 0 radical (unpaired) electrons. The summed E-state index contributed by atoms with van der Waals surface area (Å²) in [6, 6.07) is 8.06. The summed E-state index contributed by atoms with van der Waals surface area (Å²) in [5.74, 6) is -3.17. The van der Waals surface area contributed by atoms with E-state index in [0.717, 1.165) is 17.0 Å². The van der Waals surface area contributed by atoms with E-state index in [9.17, 15) is 32.3 Å². The van der Waals surface area contributed by atoms with Crippen LogP contribution < -0.4 is 11.1 Å². The van der Waals surface area contributed by atoms with Gasteiger partial charge in [-0.1, -0.05) is 18.2 Å². The van der Waals surface area contributed by atoms with Crippen molar-refractivity contribution in [1.82, 2.24) is 9.80 Å². The summed E-state index contributed by atoms with van der Waals surface area (Å²) in [5.41, 5.74) is 5.16. The number of rotatable bonds is 1. The minimum Gasteiger partial charge on any atom is -0.361 e. The molecule has 4 amide bonds. The van der Waals surface area contributed by atoms with Crippen LogP contribution in [0.5, 0.6) is 0 Å². The fourth-order valence-electron chi connectivity index (χ4n) is 3.85. The monoisotopic (exact) mass is 446 g/mol. The molecule has 0 bridgehead atoms. The van der Waals surface area contributed by atoms with Gasteiger partial charge in [-0.2, -0.15) is 13.2 Å². The Kier molecular flexibility index (Phi) is 5.11. The number of benzene rings is 2. The summed E-state index contributed by atoms with van der Waals surface area (Å²) >= 11 is 0. The number of nitrogens with one attached hydrogen (secondary N) is 1. The first-order valence-corrected chi connectivity index (χ1v) is 9.58. The molecule has 4 rings (SSSR count). The average molecular weight is 446 g/mol. The van der Waals surface area contributed by atoms with E-state index >= 15 is 0 Å². The molecule has 0 aliphatic carbocycles. The third-order valence-electron chi connectivity index (χ3n) is 5.47. The molecule has 0 saturated carbocycles. The smallest absolute Gasteiger partial charge is 0.361 e. The Morgan fingerprint density at radius 2 is 1.75 bits per heavy atom. The number of fused-ring (bicyclic) bond motifs is 2. The Hall–Kier alpha value is -3.89. The maximum absolute atomic E-state index is 13.2. The van der Waals surface area contributed by atoms with Crippen LogP contribution in [-0.2, 0) is 20.6 Å². The quantitative estimate of drug-likeness (QED) is 0.646. The largest absolute Gasteiger partial charge is 0.416 e. The topological polar surface area (TPSA) is 113 Å². The molecule has 2 aromatic rings. The number of carbonyl (C=O) groups is 4. The van der Waals surface area contributed by atoms with Crippen LogP contribution in [0.15, 0.2) is 42.5 Å². The highest BCUT2D eigenvalue weighted by Gasteiger charge is 2.41. The second-order valence-corrected chi connectivity index (χ2v) is 7.46. The van der Waals surface area contributed by atoms with Crippen LogP contribution in [0, 0.1) is 0 Å². The fraction of sp³-hybridized carbons (Fsp3) is 0.238. The van der Waals surface area contributed by atoms with Gasteiger partial charge < -0.3 is 20.9 Å². The van der Waals surface area contributed by atoms with Crippen LogP contribution in [0.25, 0.3) is 11.1 Å². The van der Waals surface area contributed by atoms with Crippen molar-refractivity contribution in [2.24, 2.45) is 5.73 Å². The lowest BCUT2D eigenvalue weighted by Gasteiger charge is -2.38. The molecule has 2 heterocycles. The Labute approximate surface area is 179 Å². The van der Waals surface area contributed by atoms with Gasteiger partial charge in [0.05, 0.1) is 23.4 Å². The van der Waals surface area contributed by atoms with Crippen molar-refractivity contribution in [1.29, 1.82) is 0 Å². The number of primary amides is 1. The summed E-state index contributed by atoms with van der Waals surface area (Å²) in [5, 5.41) is 2.62. The first-order valence-electron chi connectivity index (χ1n) is 9.58. The van der Waals surface area contributed by atoms with Crippen LogP contribution in [0.3, 0.4) is 0 Å². The van der Waals surface area contributed by atoms with Crippen molar-refractivity contribution in [3.63, 3.8) is 0 Å². The number of carbonyl (C=O) groups excluding carboxylic acids is 4. The molecule has 2 aliphatic heterocycles. The van der Waals surface area contributed by atoms with Gasteiger partial charge in [0, 0.05) is 13.1 Å². The van der Waals surface area contributed by atoms with E-state index in [-0.39, 0.29) is 36.4 Å². The second-order valence-electron chi connectivity index (χ2n) is 7.46. The molecule has 8 nitrogen and oxygen atoms in total. The molecule has 0 aromatic heterocycles. The van der Waals surface area contributed by atoms with Crippen LogP contribution in [0.1, 0.15) is 15.9 Å². The number of anilines is 1. The van der Waals surface area contributed by atoms with E-state index in [1.807, 2.05) is 0 Å². The Balaban J connectivity index is 1.68. The van der Waals surface area contributed by atoms with Crippen LogP contribution in [-0.4, -0.2) is 59.1 Å². The zero-order chi connectivity index (χ0) is 23.2. The number of nitrogens with zero attached hydrogens (tertiary/aromatic N) is 2. The van der Waals surface area contributed by atoms with E-state index in [2.05, 4.69) is 5.32 Å². The van der Waals surface area contributed by atoms with Crippen LogP contribution in [0.4, 0.5) is 18.9 Å². The maximum Gasteiger partial charge on any atom is 0.416 e. The number of nitrogens with two attached hydrogens (primary N) is 1. The molecule has 2 aromatic carbocycles. The zero-order valence-electron chi connectivity index (χ0n) is 16.5. The van der Waals surface area contributed by atoms with Crippen molar-refractivity contribution in [3.8, 4) is 11.1 Å². The fourth-order valence-corrected chi connectivity index (χ4v) is 3.85. The van der Waals surface area contributed by atoms with Gasteiger partial charge in [0.1, 0.15) is 6.04 Å². The first-order chi connectivity index (χ1) is 15.1. The molecule has 2 aliphatic rings. The van der Waals surface area contributed by atoms with E-state index in [1.54, 1.807) is 0 Å². The van der Waals surface area contributed by atoms with E-state index in [0.29, 0.717) is 5.56 Å². The molecule has 1 fully saturated rings. The number of hydrogen-bond acceptors (Lipinski definition) is 4. The number of alkyl halides is 3. The molecule has 0 unspecified atom stereocenters. The number of piperazine rings is 1. The first kappa shape index (κ1) is 21.3. The highest BCUT2D eigenvalue weighted by atomic mass is 19.4. The molecule has 3 N–H and O–H groups in total. The molecule has 11 heteroatoms. The Bertz CT molecular complexity index is 1150. The predicted octanol–water partition coefficient (Wildman–Crippen LogP) is 1.46. The highest BCUT2D eigenvalue weighted by Crippen LogP contribution is 2.34. The minimum absolute atomic E-state index is 0.0107. The summed E-state index contributed by atoms with van der Waals surface area (Å²) in [6.07, 6.45) is -4.51. The van der Waals surface area contributed by atoms with E-state index in [4.69, 9.17) is 5.73 Å². The lowest BCUT2D eigenvalue weighted by atomic mass is 9.99.